The van der Waals surface area contributed by atoms with Gasteiger partial charge in [-0.3, -0.25) is 0 Å². The molecule has 0 radical (unpaired) electrons. The summed E-state index contributed by atoms with van der Waals surface area (Å²) in [6.45, 7) is 6.30. The van der Waals surface area contributed by atoms with Gasteiger partial charge < -0.3 is 15.3 Å². The molecule has 2 N–H and O–H groups in total. The summed E-state index contributed by atoms with van der Waals surface area (Å²) < 4.78 is 0. The fourth-order valence-electron chi connectivity index (χ4n) is 1.70. The summed E-state index contributed by atoms with van der Waals surface area (Å²) in [4.78, 5) is 13.5. The van der Waals surface area contributed by atoms with Crippen LogP contribution in [0, 0.1) is 0 Å². The van der Waals surface area contributed by atoms with E-state index in [9.17, 15) is 4.79 Å². The van der Waals surface area contributed by atoms with Gasteiger partial charge in [0.05, 0.1) is 6.61 Å². The molecule has 0 aliphatic heterocycles. The molecular weight excluding hydrogens is 228 g/mol. The van der Waals surface area contributed by atoms with Crippen LogP contribution in [-0.2, 0) is 6.42 Å². The number of hydrogen-bond acceptors (Lipinski definition) is 2. The van der Waals surface area contributed by atoms with E-state index < -0.39 is 0 Å². The van der Waals surface area contributed by atoms with Crippen LogP contribution in [0.3, 0.4) is 0 Å². The molecule has 0 fully saturated rings. The molecule has 0 atom stereocenters. The lowest BCUT2D eigenvalue weighted by Crippen LogP contribution is -2.37. The fourth-order valence-corrected chi connectivity index (χ4v) is 1.70. The number of amides is 2. The number of carbonyl (C=O) groups is 1. The van der Waals surface area contributed by atoms with Crippen molar-refractivity contribution in [3.63, 3.8) is 0 Å². The number of urea groups is 1. The number of nitrogens with one attached hydrogen (secondary N) is 1. The van der Waals surface area contributed by atoms with Crippen LogP contribution < -0.4 is 5.32 Å². The molecule has 0 bridgehead atoms. The van der Waals surface area contributed by atoms with Gasteiger partial charge in [0.25, 0.3) is 0 Å². The van der Waals surface area contributed by atoms with Crippen molar-refractivity contribution in [3.8, 4) is 0 Å². The van der Waals surface area contributed by atoms with Crippen molar-refractivity contribution in [2.45, 2.75) is 13.3 Å². The summed E-state index contributed by atoms with van der Waals surface area (Å²) >= 11 is 0. The van der Waals surface area contributed by atoms with Gasteiger partial charge in [-0.2, -0.15) is 0 Å². The minimum absolute atomic E-state index is 0.0588. The van der Waals surface area contributed by atoms with Crippen LogP contribution >= 0.6 is 0 Å². The van der Waals surface area contributed by atoms with Gasteiger partial charge in [0.2, 0.25) is 0 Å². The monoisotopic (exact) mass is 248 g/mol. The lowest BCUT2D eigenvalue weighted by molar-refractivity contribution is 0.195. The Morgan fingerprint density at radius 1 is 1.50 bits per heavy atom. The van der Waals surface area contributed by atoms with Crippen LogP contribution in [0.25, 0.3) is 0 Å². The largest absolute Gasteiger partial charge is 0.395 e. The van der Waals surface area contributed by atoms with E-state index in [1.165, 1.54) is 4.90 Å². The van der Waals surface area contributed by atoms with Crippen molar-refractivity contribution in [2.24, 2.45) is 0 Å². The van der Waals surface area contributed by atoms with E-state index in [0.29, 0.717) is 13.1 Å². The van der Waals surface area contributed by atoms with Gasteiger partial charge in [0.15, 0.2) is 0 Å². The van der Waals surface area contributed by atoms with Crippen molar-refractivity contribution in [1.29, 1.82) is 0 Å². The first-order valence-corrected chi connectivity index (χ1v) is 6.08. The van der Waals surface area contributed by atoms with Crippen molar-refractivity contribution in [1.82, 2.24) is 4.90 Å². The molecule has 0 unspecified atom stereocenters. The van der Waals surface area contributed by atoms with Gasteiger partial charge in [-0.05, 0) is 18.1 Å². The van der Waals surface area contributed by atoms with Crippen LogP contribution in [0.2, 0.25) is 0 Å². The molecule has 4 nitrogen and oxygen atoms in total. The molecule has 0 aromatic heterocycles. The molecular formula is C14H20N2O2. The number of carbonyl (C=O) groups excluding carboxylic acids is 1. The van der Waals surface area contributed by atoms with Crippen LogP contribution in [0.5, 0.6) is 0 Å². The van der Waals surface area contributed by atoms with Gasteiger partial charge in [-0.15, -0.1) is 6.58 Å². The average molecular weight is 248 g/mol. The number of benzene rings is 1. The number of rotatable bonds is 6. The van der Waals surface area contributed by atoms with E-state index in [2.05, 4.69) is 11.9 Å². The highest BCUT2D eigenvalue weighted by Gasteiger charge is 2.12. The van der Waals surface area contributed by atoms with Gasteiger partial charge in [-0.1, -0.05) is 31.2 Å². The molecule has 4 heteroatoms. The zero-order chi connectivity index (χ0) is 13.4. The lowest BCUT2D eigenvalue weighted by atomic mass is 10.1. The zero-order valence-corrected chi connectivity index (χ0v) is 10.7. The van der Waals surface area contributed by atoms with Gasteiger partial charge in [0.1, 0.15) is 0 Å². The highest BCUT2D eigenvalue weighted by molar-refractivity contribution is 5.90. The zero-order valence-electron chi connectivity index (χ0n) is 10.7. The Morgan fingerprint density at radius 3 is 2.83 bits per heavy atom. The summed E-state index contributed by atoms with van der Waals surface area (Å²) in [5, 5.41) is 11.8. The standard InChI is InChI=1S/C14H20N2O2/c1-3-9-16(10-11-17)14(18)15-13-8-6-5-7-12(13)4-2/h3,5-8,17H,1,4,9-11H2,2H3,(H,15,18). The first-order chi connectivity index (χ1) is 8.72. The van der Waals surface area contributed by atoms with Crippen LogP contribution in [0.1, 0.15) is 12.5 Å². The summed E-state index contributed by atoms with van der Waals surface area (Å²) in [7, 11) is 0. The smallest absolute Gasteiger partial charge is 0.322 e. The number of aryl methyl sites for hydroxylation is 1. The Morgan fingerprint density at radius 2 is 2.22 bits per heavy atom. The predicted molar refractivity (Wildman–Crippen MR) is 73.7 cm³/mol. The molecule has 98 valence electrons. The third kappa shape index (κ3) is 3.89. The minimum Gasteiger partial charge on any atom is -0.395 e. The molecule has 1 aromatic rings. The molecule has 0 saturated heterocycles. The van der Waals surface area contributed by atoms with Crippen LogP contribution in [-0.4, -0.2) is 35.7 Å². The van der Waals surface area contributed by atoms with Gasteiger partial charge in [-0.25, -0.2) is 4.79 Å². The summed E-state index contributed by atoms with van der Waals surface area (Å²) in [5.41, 5.74) is 1.91. The molecule has 1 rings (SSSR count). The summed E-state index contributed by atoms with van der Waals surface area (Å²) in [6.07, 6.45) is 2.50. The van der Waals surface area contributed by atoms with E-state index in [4.69, 9.17) is 5.11 Å². The maximum absolute atomic E-state index is 12.0. The Bertz CT molecular complexity index is 405. The average Bonchev–Trinajstić information content (AvgIpc) is 2.39. The third-order valence-electron chi connectivity index (χ3n) is 2.65. The first kappa shape index (κ1) is 14.3. The third-order valence-corrected chi connectivity index (χ3v) is 2.65. The molecule has 1 aromatic carbocycles. The number of nitrogens with zero attached hydrogens (tertiary/aromatic N) is 1. The normalized spacial score (nSPS) is 9.89. The van der Waals surface area contributed by atoms with Gasteiger partial charge in [0, 0.05) is 18.8 Å². The van der Waals surface area contributed by atoms with Crippen molar-refractivity contribution in [2.75, 3.05) is 25.0 Å². The summed E-state index contributed by atoms with van der Waals surface area (Å²) in [5.74, 6) is 0. The highest BCUT2D eigenvalue weighted by Crippen LogP contribution is 2.15. The van der Waals surface area contributed by atoms with Crippen LogP contribution in [0.4, 0.5) is 10.5 Å². The molecule has 0 aliphatic carbocycles. The Hall–Kier alpha value is -1.81. The number of para-hydroxylation sites is 1. The van der Waals surface area contributed by atoms with Crippen molar-refractivity contribution in [3.05, 3.63) is 42.5 Å². The van der Waals surface area contributed by atoms with E-state index in [0.717, 1.165) is 17.7 Å². The van der Waals surface area contributed by atoms with E-state index in [1.54, 1.807) is 6.08 Å². The maximum Gasteiger partial charge on any atom is 0.322 e. The second-order valence-electron chi connectivity index (χ2n) is 3.90. The molecule has 0 saturated carbocycles. The maximum atomic E-state index is 12.0. The molecule has 0 spiro atoms. The fraction of sp³-hybridized carbons (Fsp3) is 0.357. The van der Waals surface area contributed by atoms with Crippen molar-refractivity contribution >= 4 is 11.7 Å². The SMILES string of the molecule is C=CCN(CCO)C(=O)Nc1ccccc1CC. The number of hydrogen-bond donors (Lipinski definition) is 2. The van der Waals surface area contributed by atoms with E-state index >= 15 is 0 Å². The predicted octanol–water partition coefficient (Wildman–Crippen LogP) is 2.26. The topological polar surface area (TPSA) is 52.6 Å². The van der Waals surface area contributed by atoms with Gasteiger partial charge >= 0.3 is 6.03 Å². The van der Waals surface area contributed by atoms with E-state index in [1.807, 2.05) is 31.2 Å². The number of aliphatic hydroxyl groups excluding tert-OH is 1. The molecule has 0 heterocycles. The second kappa shape index (κ2) is 7.50. The van der Waals surface area contributed by atoms with E-state index in [-0.39, 0.29) is 12.6 Å². The minimum atomic E-state index is -0.218. The summed E-state index contributed by atoms with van der Waals surface area (Å²) in [6, 6.07) is 7.48. The lowest BCUT2D eigenvalue weighted by Gasteiger charge is -2.21. The van der Waals surface area contributed by atoms with Crippen molar-refractivity contribution < 1.29 is 9.90 Å². The Labute approximate surface area is 108 Å². The number of aliphatic hydroxyl groups is 1. The molecule has 2 amide bonds. The Balaban J connectivity index is 2.75. The number of anilines is 1. The van der Waals surface area contributed by atoms with Crippen LogP contribution in [0.15, 0.2) is 36.9 Å². The highest BCUT2D eigenvalue weighted by atomic mass is 16.3. The molecule has 0 aliphatic rings. The first-order valence-electron chi connectivity index (χ1n) is 6.08. The molecule has 18 heavy (non-hydrogen) atoms. The second-order valence-corrected chi connectivity index (χ2v) is 3.90. The Kier molecular flexibility index (Phi) is 5.94. The quantitative estimate of drug-likeness (QED) is 0.759.